The smallest absolute Gasteiger partial charge is 0.463 e. The lowest BCUT2D eigenvalue weighted by Gasteiger charge is -2.18. The molecule has 0 aromatic heterocycles. The summed E-state index contributed by atoms with van der Waals surface area (Å²) in [5, 5.41) is 0. The highest BCUT2D eigenvalue weighted by Crippen LogP contribution is 2.49. The summed E-state index contributed by atoms with van der Waals surface area (Å²) in [4.78, 5) is 21.9. The molecule has 0 aliphatic rings. The molecule has 0 atom stereocenters. The summed E-state index contributed by atoms with van der Waals surface area (Å²) >= 11 is 0. The highest BCUT2D eigenvalue weighted by atomic mass is 31.2. The molecule has 1 rings (SSSR count). The fraction of sp³-hybridized carbons (Fsp3) is 0.455. The van der Waals surface area contributed by atoms with Crippen LogP contribution in [0.15, 0.2) is 55.6 Å². The molecule has 0 bridgehead atoms. The molecule has 0 fully saturated rings. The van der Waals surface area contributed by atoms with Gasteiger partial charge in [0, 0.05) is 12.2 Å². The molecule has 0 heterocycles. The Morgan fingerprint density at radius 2 is 1.19 bits per heavy atom. The zero-order chi connectivity index (χ0) is 22.8. The van der Waals surface area contributed by atoms with Crippen LogP contribution in [0.25, 0.3) is 0 Å². The molecule has 9 heteroatoms. The number of para-hydroxylation sites is 1. The molecule has 0 saturated heterocycles. The van der Waals surface area contributed by atoms with E-state index >= 15 is 0 Å². The maximum Gasteiger partial charge on any atom is 0.530 e. The Morgan fingerprint density at radius 3 is 1.65 bits per heavy atom. The number of carbonyl (C=O) groups is 2. The molecular formula is C22H31O8P. The molecule has 8 nitrogen and oxygen atoms in total. The number of phosphoric acid groups is 1. The Kier molecular flexibility index (Phi) is 14.0. The van der Waals surface area contributed by atoms with E-state index < -0.39 is 19.8 Å². The zero-order valence-corrected chi connectivity index (χ0v) is 18.6. The SMILES string of the molecule is C=CC(=O)OCCCCCOP(=O)(OCCCCCOC(=O)C=C)Oc1ccccc1. The predicted molar refractivity (Wildman–Crippen MR) is 117 cm³/mol. The van der Waals surface area contributed by atoms with Crippen LogP contribution < -0.4 is 4.52 Å². The predicted octanol–water partition coefficient (Wildman–Crippen LogP) is 5.01. The third kappa shape index (κ3) is 13.5. The van der Waals surface area contributed by atoms with Crippen molar-refractivity contribution < 1.29 is 37.2 Å². The zero-order valence-electron chi connectivity index (χ0n) is 17.7. The van der Waals surface area contributed by atoms with Crippen LogP contribution >= 0.6 is 7.82 Å². The molecule has 172 valence electrons. The lowest BCUT2D eigenvalue weighted by atomic mass is 10.2. The minimum atomic E-state index is -3.79. The first-order chi connectivity index (χ1) is 15.0. The number of unbranched alkanes of at least 4 members (excludes halogenated alkanes) is 4. The summed E-state index contributed by atoms with van der Waals surface area (Å²) in [6.07, 6.45) is 6.20. The van der Waals surface area contributed by atoms with E-state index in [1.807, 2.05) is 6.07 Å². The number of ether oxygens (including phenoxy) is 2. The second-order valence-electron chi connectivity index (χ2n) is 6.38. The molecule has 0 N–H and O–H groups in total. The Balaban J connectivity index is 2.35. The van der Waals surface area contributed by atoms with Gasteiger partial charge in [0.25, 0.3) is 0 Å². The van der Waals surface area contributed by atoms with Crippen LogP contribution in [0.3, 0.4) is 0 Å². The Labute approximate surface area is 183 Å². The Morgan fingerprint density at radius 1 is 0.742 bits per heavy atom. The number of esters is 2. The number of benzene rings is 1. The molecule has 0 spiro atoms. The van der Waals surface area contributed by atoms with Crippen molar-refractivity contribution in [2.75, 3.05) is 26.4 Å². The number of hydrogen-bond donors (Lipinski definition) is 0. The highest BCUT2D eigenvalue weighted by molar-refractivity contribution is 7.48. The van der Waals surface area contributed by atoms with E-state index in [1.165, 1.54) is 0 Å². The third-order valence-electron chi connectivity index (χ3n) is 3.86. The topological polar surface area (TPSA) is 97.4 Å². The molecule has 0 saturated carbocycles. The highest BCUT2D eigenvalue weighted by Gasteiger charge is 2.28. The molecule has 0 unspecified atom stereocenters. The summed E-state index contributed by atoms with van der Waals surface area (Å²) in [6, 6.07) is 8.67. The van der Waals surface area contributed by atoms with Crippen molar-refractivity contribution in [1.82, 2.24) is 0 Å². The van der Waals surface area contributed by atoms with Gasteiger partial charge in [0.2, 0.25) is 0 Å². The van der Waals surface area contributed by atoms with E-state index in [0.717, 1.165) is 25.0 Å². The van der Waals surface area contributed by atoms with Crippen LogP contribution in [0, 0.1) is 0 Å². The standard InChI is InChI=1S/C22H31O8P/c1-3-21(23)26-16-10-6-12-18-28-31(25,30-20-14-8-5-9-15-20)29-19-13-7-11-17-27-22(24)4-2/h3-5,8-9,14-15H,1-2,6-7,10-13,16-19H2. The maximum absolute atomic E-state index is 13.0. The van der Waals surface area contributed by atoms with Gasteiger partial charge in [-0.2, -0.15) is 0 Å². The van der Waals surface area contributed by atoms with E-state index in [-0.39, 0.29) is 13.2 Å². The number of rotatable bonds is 18. The van der Waals surface area contributed by atoms with Crippen LogP contribution in [-0.4, -0.2) is 38.4 Å². The monoisotopic (exact) mass is 454 g/mol. The Bertz CT molecular complexity index is 681. The molecule has 1 aromatic carbocycles. The van der Waals surface area contributed by atoms with Gasteiger partial charge in [-0.05, 0) is 50.7 Å². The first-order valence-corrected chi connectivity index (χ1v) is 11.7. The van der Waals surface area contributed by atoms with E-state index in [1.54, 1.807) is 24.3 Å². The van der Waals surface area contributed by atoms with Crippen molar-refractivity contribution in [2.45, 2.75) is 38.5 Å². The summed E-state index contributed by atoms with van der Waals surface area (Å²) in [5.74, 6) is -0.521. The van der Waals surface area contributed by atoms with Gasteiger partial charge in [0.15, 0.2) is 0 Å². The lowest BCUT2D eigenvalue weighted by molar-refractivity contribution is -0.138. The van der Waals surface area contributed by atoms with Gasteiger partial charge < -0.3 is 14.0 Å². The molecule has 0 aliphatic heterocycles. The number of hydrogen-bond acceptors (Lipinski definition) is 8. The summed E-state index contributed by atoms with van der Waals surface area (Å²) < 4.78 is 39.2. The lowest BCUT2D eigenvalue weighted by Crippen LogP contribution is -2.06. The van der Waals surface area contributed by atoms with E-state index in [2.05, 4.69) is 13.2 Å². The maximum atomic E-state index is 13.0. The van der Waals surface area contributed by atoms with Gasteiger partial charge in [0.1, 0.15) is 5.75 Å². The molecule has 0 aliphatic carbocycles. The van der Waals surface area contributed by atoms with Gasteiger partial charge in [-0.25, -0.2) is 14.2 Å². The molecule has 0 amide bonds. The normalized spacial score (nSPS) is 10.8. The third-order valence-corrected chi connectivity index (χ3v) is 5.29. The minimum absolute atomic E-state index is 0.178. The van der Waals surface area contributed by atoms with Crippen LogP contribution in [0.1, 0.15) is 38.5 Å². The average molecular weight is 454 g/mol. The van der Waals surface area contributed by atoms with Crippen molar-refractivity contribution in [3.05, 3.63) is 55.6 Å². The number of carbonyl (C=O) groups excluding carboxylic acids is 2. The summed E-state index contributed by atoms with van der Waals surface area (Å²) in [6.45, 7) is 7.60. The van der Waals surface area contributed by atoms with Crippen molar-refractivity contribution in [2.24, 2.45) is 0 Å². The summed E-state index contributed by atoms with van der Waals surface area (Å²) in [7, 11) is -3.79. The van der Waals surface area contributed by atoms with Crippen molar-refractivity contribution in [3.63, 3.8) is 0 Å². The van der Waals surface area contributed by atoms with Crippen LogP contribution in [0.4, 0.5) is 0 Å². The van der Waals surface area contributed by atoms with Gasteiger partial charge in [-0.3, -0.25) is 9.05 Å². The fourth-order valence-electron chi connectivity index (χ4n) is 2.28. The van der Waals surface area contributed by atoms with Crippen LogP contribution in [0.2, 0.25) is 0 Å². The summed E-state index contributed by atoms with van der Waals surface area (Å²) in [5.41, 5.74) is 0. The fourth-order valence-corrected chi connectivity index (χ4v) is 3.54. The quantitative estimate of drug-likeness (QED) is 0.132. The van der Waals surface area contributed by atoms with Crippen molar-refractivity contribution in [3.8, 4) is 5.75 Å². The molecule has 1 aromatic rings. The first-order valence-electron chi connectivity index (χ1n) is 10.2. The first kappa shape index (κ1) is 26.6. The Hall–Kier alpha value is -2.41. The van der Waals surface area contributed by atoms with E-state index in [9.17, 15) is 14.2 Å². The molecule has 31 heavy (non-hydrogen) atoms. The number of phosphoric ester groups is 1. The van der Waals surface area contributed by atoms with Gasteiger partial charge in [-0.1, -0.05) is 31.4 Å². The van der Waals surface area contributed by atoms with Crippen molar-refractivity contribution in [1.29, 1.82) is 0 Å². The van der Waals surface area contributed by atoms with Crippen molar-refractivity contribution >= 4 is 19.8 Å². The molecule has 0 radical (unpaired) electrons. The van der Waals surface area contributed by atoms with E-state index in [0.29, 0.717) is 44.6 Å². The van der Waals surface area contributed by atoms with Gasteiger partial charge >= 0.3 is 19.8 Å². The second kappa shape index (κ2) is 16.3. The molecular weight excluding hydrogens is 423 g/mol. The second-order valence-corrected chi connectivity index (χ2v) is 7.98. The van der Waals surface area contributed by atoms with Gasteiger partial charge in [0.05, 0.1) is 26.4 Å². The van der Waals surface area contributed by atoms with Crippen LogP contribution in [0.5, 0.6) is 5.75 Å². The van der Waals surface area contributed by atoms with E-state index in [4.69, 9.17) is 23.0 Å². The van der Waals surface area contributed by atoms with Crippen LogP contribution in [-0.2, 0) is 32.7 Å². The largest absolute Gasteiger partial charge is 0.530 e. The minimum Gasteiger partial charge on any atom is -0.463 e. The average Bonchev–Trinajstić information content (AvgIpc) is 2.78. The van der Waals surface area contributed by atoms with Gasteiger partial charge in [-0.15, -0.1) is 0 Å².